The second-order valence-electron chi connectivity index (χ2n) is 16.1. The number of quaternary nitrogens is 1. The number of carbonyl (C=O) groups is 1. The minimum absolute atomic E-state index is 0.0684. The summed E-state index contributed by atoms with van der Waals surface area (Å²) in [6, 6.07) is -0.778. The van der Waals surface area contributed by atoms with Crippen molar-refractivity contribution >= 4 is 13.7 Å². The lowest BCUT2D eigenvalue weighted by molar-refractivity contribution is -0.870. The number of aliphatic hydroxyl groups is 1. The van der Waals surface area contributed by atoms with Crippen LogP contribution >= 0.6 is 7.82 Å². The van der Waals surface area contributed by atoms with Gasteiger partial charge in [0.25, 0.3) is 0 Å². The van der Waals surface area contributed by atoms with Crippen LogP contribution < -0.4 is 5.32 Å². The molecule has 0 aliphatic carbocycles. The minimum atomic E-state index is -4.32. The zero-order valence-electron chi connectivity index (χ0n) is 34.8. The number of unbranched alkanes of at least 4 members (excludes halogenated alkanes) is 22. The van der Waals surface area contributed by atoms with Gasteiger partial charge in [-0.05, 0) is 64.2 Å². The molecule has 0 bridgehead atoms. The third-order valence-corrected chi connectivity index (χ3v) is 10.7. The van der Waals surface area contributed by atoms with Crippen molar-refractivity contribution in [1.29, 1.82) is 0 Å². The van der Waals surface area contributed by atoms with Crippen LogP contribution in [0.2, 0.25) is 0 Å². The Morgan fingerprint density at radius 2 is 1.04 bits per heavy atom. The fourth-order valence-corrected chi connectivity index (χ4v) is 6.89. The molecule has 0 aliphatic heterocycles. The highest BCUT2D eigenvalue weighted by Gasteiger charge is 2.28. The standard InChI is InChI=1S/C43H85N2O6P/c1-6-8-10-12-14-16-18-20-22-24-26-28-30-32-34-36-42(46)41(40-51-52(48,49)50-39-38-45(3,4)5)44-43(47)37-35-33-31-29-27-25-23-21-19-17-15-13-11-9-7-2/h21,23,26,28,41-42,46H,6-20,22,24-25,27,29-40H2,1-5H3,(H-,44,47,48,49)/p+1/b23-21+,28-26+/t41-,42+/m0/s1. The Morgan fingerprint density at radius 3 is 1.48 bits per heavy atom. The maximum atomic E-state index is 12.9. The fourth-order valence-electron chi connectivity index (χ4n) is 6.15. The van der Waals surface area contributed by atoms with Crippen molar-refractivity contribution in [2.24, 2.45) is 0 Å². The predicted octanol–water partition coefficient (Wildman–Crippen LogP) is 11.7. The molecule has 1 amide bonds. The van der Waals surface area contributed by atoms with Crippen LogP contribution in [0.15, 0.2) is 24.3 Å². The van der Waals surface area contributed by atoms with Crippen LogP contribution in [0.5, 0.6) is 0 Å². The van der Waals surface area contributed by atoms with Gasteiger partial charge >= 0.3 is 7.82 Å². The van der Waals surface area contributed by atoms with Crippen LogP contribution in [-0.4, -0.2) is 73.4 Å². The molecule has 0 aromatic rings. The number of nitrogens with zero attached hydrogens (tertiary/aromatic N) is 1. The van der Waals surface area contributed by atoms with Gasteiger partial charge in [0, 0.05) is 6.42 Å². The Labute approximate surface area is 322 Å². The van der Waals surface area contributed by atoms with Gasteiger partial charge in [0.1, 0.15) is 13.2 Å². The number of allylic oxidation sites excluding steroid dienone is 4. The highest BCUT2D eigenvalue weighted by molar-refractivity contribution is 7.47. The molecular weight excluding hydrogens is 671 g/mol. The van der Waals surface area contributed by atoms with Crippen molar-refractivity contribution in [2.75, 3.05) is 40.9 Å². The highest BCUT2D eigenvalue weighted by atomic mass is 31.2. The summed E-state index contributed by atoms with van der Waals surface area (Å²) in [5.74, 6) is -0.163. The van der Waals surface area contributed by atoms with Crippen molar-refractivity contribution in [1.82, 2.24) is 5.32 Å². The summed E-state index contributed by atoms with van der Waals surface area (Å²) < 4.78 is 23.6. The van der Waals surface area contributed by atoms with Crippen LogP contribution in [-0.2, 0) is 18.4 Å². The Morgan fingerprint density at radius 1 is 0.635 bits per heavy atom. The van der Waals surface area contributed by atoms with Crippen LogP contribution in [0.4, 0.5) is 0 Å². The van der Waals surface area contributed by atoms with Crippen LogP contribution in [0.1, 0.15) is 194 Å². The first-order valence-corrected chi connectivity index (χ1v) is 23.2. The van der Waals surface area contributed by atoms with E-state index in [0.29, 0.717) is 23.9 Å². The maximum Gasteiger partial charge on any atom is 0.472 e. The quantitative estimate of drug-likeness (QED) is 0.0250. The molecule has 8 nitrogen and oxygen atoms in total. The van der Waals surface area contributed by atoms with Crippen molar-refractivity contribution in [3.05, 3.63) is 24.3 Å². The predicted molar refractivity (Wildman–Crippen MR) is 221 cm³/mol. The van der Waals surface area contributed by atoms with E-state index in [-0.39, 0.29) is 19.1 Å². The van der Waals surface area contributed by atoms with E-state index >= 15 is 0 Å². The van der Waals surface area contributed by atoms with Crippen molar-refractivity contribution < 1.29 is 32.9 Å². The van der Waals surface area contributed by atoms with E-state index in [1.165, 1.54) is 109 Å². The lowest BCUT2D eigenvalue weighted by atomic mass is 10.0. The Kier molecular flexibility index (Phi) is 35.0. The number of nitrogens with one attached hydrogen (secondary N) is 1. The summed E-state index contributed by atoms with van der Waals surface area (Å²) in [6.07, 6.45) is 40.6. The lowest BCUT2D eigenvalue weighted by Crippen LogP contribution is -2.46. The molecule has 9 heteroatoms. The zero-order valence-corrected chi connectivity index (χ0v) is 35.7. The molecule has 0 radical (unpaired) electrons. The number of amides is 1. The summed E-state index contributed by atoms with van der Waals surface area (Å²) in [5.41, 5.74) is 0. The summed E-state index contributed by atoms with van der Waals surface area (Å²) >= 11 is 0. The zero-order chi connectivity index (χ0) is 38.6. The summed E-state index contributed by atoms with van der Waals surface area (Å²) in [4.78, 5) is 23.1. The number of hydrogen-bond donors (Lipinski definition) is 3. The number of phosphoric acid groups is 1. The number of likely N-dealkylation sites (N-methyl/N-ethyl adjacent to an activating group) is 1. The number of hydrogen-bond acceptors (Lipinski definition) is 5. The van der Waals surface area contributed by atoms with E-state index in [1.807, 2.05) is 21.1 Å². The average molecular weight is 758 g/mol. The smallest absolute Gasteiger partial charge is 0.391 e. The monoisotopic (exact) mass is 758 g/mol. The van der Waals surface area contributed by atoms with Gasteiger partial charge in [-0.1, -0.05) is 147 Å². The normalized spacial score (nSPS) is 14.7. The first-order chi connectivity index (χ1) is 25.0. The van der Waals surface area contributed by atoms with E-state index in [9.17, 15) is 19.4 Å². The van der Waals surface area contributed by atoms with Crippen molar-refractivity contribution in [3.63, 3.8) is 0 Å². The molecule has 52 heavy (non-hydrogen) atoms. The van der Waals surface area contributed by atoms with E-state index in [1.54, 1.807) is 0 Å². The first-order valence-electron chi connectivity index (χ1n) is 21.7. The molecule has 3 atom stereocenters. The lowest BCUT2D eigenvalue weighted by Gasteiger charge is -2.26. The van der Waals surface area contributed by atoms with Crippen LogP contribution in [0, 0.1) is 0 Å². The Hall–Kier alpha value is -1.02. The summed E-state index contributed by atoms with van der Waals surface area (Å²) in [5, 5.41) is 13.9. The second-order valence-corrected chi connectivity index (χ2v) is 17.5. The molecule has 0 fully saturated rings. The van der Waals surface area contributed by atoms with Crippen LogP contribution in [0.25, 0.3) is 0 Å². The van der Waals surface area contributed by atoms with E-state index in [2.05, 4.69) is 43.5 Å². The molecule has 1 unspecified atom stereocenters. The highest BCUT2D eigenvalue weighted by Crippen LogP contribution is 2.43. The number of phosphoric ester groups is 1. The summed E-state index contributed by atoms with van der Waals surface area (Å²) in [7, 11) is 1.59. The van der Waals surface area contributed by atoms with E-state index in [4.69, 9.17) is 9.05 Å². The van der Waals surface area contributed by atoms with Gasteiger partial charge in [0.2, 0.25) is 5.91 Å². The van der Waals surface area contributed by atoms with Gasteiger partial charge in [-0.15, -0.1) is 0 Å². The molecule has 0 spiro atoms. The number of carbonyl (C=O) groups excluding carboxylic acids is 1. The molecule has 0 saturated heterocycles. The van der Waals surface area contributed by atoms with Crippen LogP contribution in [0.3, 0.4) is 0 Å². The topological polar surface area (TPSA) is 105 Å². The number of rotatable bonds is 39. The minimum Gasteiger partial charge on any atom is -0.391 e. The maximum absolute atomic E-state index is 12.9. The number of aliphatic hydroxyl groups excluding tert-OH is 1. The average Bonchev–Trinajstić information content (AvgIpc) is 3.09. The molecule has 0 aliphatic rings. The van der Waals surface area contributed by atoms with Gasteiger partial charge in [-0.3, -0.25) is 13.8 Å². The SMILES string of the molecule is CCCCCCCC/C=C/CCCCCCCC(=O)N[C@@H](COP(=O)(O)OCC[N+](C)(C)C)[C@H](O)CCCC/C=C/CCCCCCCCCCC. The van der Waals surface area contributed by atoms with Gasteiger partial charge in [0.05, 0.1) is 39.9 Å². The van der Waals surface area contributed by atoms with Crippen molar-refractivity contribution in [2.45, 2.75) is 206 Å². The molecule has 0 aromatic carbocycles. The third-order valence-electron chi connectivity index (χ3n) is 9.67. The van der Waals surface area contributed by atoms with E-state index in [0.717, 1.165) is 57.8 Å². The molecule has 0 rings (SSSR count). The fraction of sp³-hybridized carbons (Fsp3) is 0.884. The molecule has 0 aromatic heterocycles. The molecular formula is C43H86N2O6P+. The Bertz CT molecular complexity index is 907. The molecule has 308 valence electrons. The van der Waals surface area contributed by atoms with Gasteiger partial charge in [-0.2, -0.15) is 0 Å². The first kappa shape index (κ1) is 51.0. The van der Waals surface area contributed by atoms with Gasteiger partial charge in [0.15, 0.2) is 0 Å². The molecule has 3 N–H and O–H groups in total. The molecule has 0 heterocycles. The Balaban J connectivity index is 4.45. The summed E-state index contributed by atoms with van der Waals surface area (Å²) in [6.45, 7) is 4.85. The second kappa shape index (κ2) is 35.7. The molecule has 0 saturated carbocycles. The largest absolute Gasteiger partial charge is 0.472 e. The third kappa shape index (κ3) is 37.3. The van der Waals surface area contributed by atoms with Crippen molar-refractivity contribution in [3.8, 4) is 0 Å². The van der Waals surface area contributed by atoms with Gasteiger partial charge < -0.3 is 19.8 Å². The van der Waals surface area contributed by atoms with Gasteiger partial charge in [-0.25, -0.2) is 4.57 Å². The van der Waals surface area contributed by atoms with E-state index < -0.39 is 20.0 Å².